The van der Waals surface area contributed by atoms with E-state index < -0.39 is 0 Å². The Hall–Kier alpha value is -3.59. The Morgan fingerprint density at radius 2 is 1.27 bits per heavy atom. The minimum atomic E-state index is 0.411. The molecule has 0 aliphatic carbocycles. The standard InChI is InChI=1S/C21H24N6O3/c1-28-17-9-5-3-7-15(17)22-19-24-20(23-16-8-4-6-10-18(16)29-2)26-21(25-19)27-11-13-30-14-12-27/h3-10H,11-14H2,1-2H3,(H2,22,23,24,25,26). The van der Waals surface area contributed by atoms with Crippen LogP contribution in [0.5, 0.6) is 11.5 Å². The molecule has 0 saturated carbocycles. The average Bonchev–Trinajstić information content (AvgIpc) is 2.80. The highest BCUT2D eigenvalue weighted by Crippen LogP contribution is 2.29. The fourth-order valence-corrected chi connectivity index (χ4v) is 3.12. The van der Waals surface area contributed by atoms with Crippen LogP contribution in [0.4, 0.5) is 29.2 Å². The lowest BCUT2D eigenvalue weighted by Crippen LogP contribution is -2.37. The number of aromatic nitrogens is 3. The summed E-state index contributed by atoms with van der Waals surface area (Å²) >= 11 is 0. The molecule has 9 nitrogen and oxygen atoms in total. The van der Waals surface area contributed by atoms with Crippen LogP contribution in [-0.4, -0.2) is 55.5 Å². The van der Waals surface area contributed by atoms with E-state index in [0.29, 0.717) is 55.6 Å². The number of hydrogen-bond acceptors (Lipinski definition) is 9. The first-order valence-corrected chi connectivity index (χ1v) is 9.65. The Morgan fingerprint density at radius 3 is 1.77 bits per heavy atom. The summed E-state index contributed by atoms with van der Waals surface area (Å²) in [7, 11) is 3.25. The summed E-state index contributed by atoms with van der Waals surface area (Å²) in [6.07, 6.45) is 0. The van der Waals surface area contributed by atoms with E-state index in [-0.39, 0.29) is 0 Å². The number of hydrogen-bond donors (Lipinski definition) is 2. The second-order valence-corrected chi connectivity index (χ2v) is 6.53. The summed E-state index contributed by atoms with van der Waals surface area (Å²) in [4.78, 5) is 15.9. The van der Waals surface area contributed by atoms with Crippen LogP contribution in [0.25, 0.3) is 0 Å². The highest BCUT2D eigenvalue weighted by Gasteiger charge is 2.18. The van der Waals surface area contributed by atoms with Gasteiger partial charge in [-0.25, -0.2) is 0 Å². The normalized spacial score (nSPS) is 13.6. The lowest BCUT2D eigenvalue weighted by Gasteiger charge is -2.27. The SMILES string of the molecule is COc1ccccc1Nc1nc(Nc2ccccc2OC)nc(N2CCOCC2)n1. The van der Waals surface area contributed by atoms with Crippen molar-refractivity contribution < 1.29 is 14.2 Å². The largest absolute Gasteiger partial charge is 0.495 e. The first-order valence-electron chi connectivity index (χ1n) is 9.65. The predicted molar refractivity (Wildman–Crippen MR) is 115 cm³/mol. The number of nitrogens with one attached hydrogen (secondary N) is 2. The van der Waals surface area contributed by atoms with Crippen molar-refractivity contribution in [1.82, 2.24) is 15.0 Å². The molecule has 0 radical (unpaired) electrons. The van der Waals surface area contributed by atoms with Crippen molar-refractivity contribution in [3.63, 3.8) is 0 Å². The van der Waals surface area contributed by atoms with Crippen molar-refractivity contribution in [3.8, 4) is 11.5 Å². The maximum Gasteiger partial charge on any atom is 0.233 e. The Morgan fingerprint density at radius 1 is 0.767 bits per heavy atom. The van der Waals surface area contributed by atoms with Crippen LogP contribution in [0.15, 0.2) is 48.5 Å². The molecule has 2 heterocycles. The van der Waals surface area contributed by atoms with Crippen molar-refractivity contribution in [2.24, 2.45) is 0 Å². The molecule has 0 atom stereocenters. The van der Waals surface area contributed by atoms with Crippen molar-refractivity contribution in [2.45, 2.75) is 0 Å². The zero-order valence-corrected chi connectivity index (χ0v) is 17.0. The third-order valence-corrected chi connectivity index (χ3v) is 4.62. The topological polar surface area (TPSA) is 93.7 Å². The fourth-order valence-electron chi connectivity index (χ4n) is 3.12. The summed E-state index contributed by atoms with van der Waals surface area (Å²) in [6, 6.07) is 15.2. The van der Waals surface area contributed by atoms with E-state index in [1.165, 1.54) is 0 Å². The van der Waals surface area contributed by atoms with Crippen molar-refractivity contribution in [2.75, 3.05) is 56.1 Å². The van der Waals surface area contributed by atoms with Gasteiger partial charge < -0.3 is 29.7 Å². The molecular weight excluding hydrogens is 384 g/mol. The fraction of sp³-hybridized carbons (Fsp3) is 0.286. The summed E-state index contributed by atoms with van der Waals surface area (Å²) in [6.45, 7) is 2.70. The van der Waals surface area contributed by atoms with E-state index in [0.717, 1.165) is 11.4 Å². The maximum absolute atomic E-state index is 5.46. The summed E-state index contributed by atoms with van der Waals surface area (Å²) in [5.74, 6) is 2.79. The van der Waals surface area contributed by atoms with Gasteiger partial charge in [0.15, 0.2) is 0 Å². The predicted octanol–water partition coefficient (Wildman–Crippen LogP) is 3.21. The third-order valence-electron chi connectivity index (χ3n) is 4.62. The van der Waals surface area contributed by atoms with Gasteiger partial charge in [-0.1, -0.05) is 24.3 Å². The van der Waals surface area contributed by atoms with E-state index in [1.807, 2.05) is 48.5 Å². The van der Waals surface area contributed by atoms with Crippen LogP contribution < -0.4 is 25.0 Å². The van der Waals surface area contributed by atoms with Crippen molar-refractivity contribution in [1.29, 1.82) is 0 Å². The molecule has 0 spiro atoms. The van der Waals surface area contributed by atoms with Gasteiger partial charge in [-0.05, 0) is 24.3 Å². The number of nitrogens with zero attached hydrogens (tertiary/aromatic N) is 4. The smallest absolute Gasteiger partial charge is 0.233 e. The molecule has 2 aromatic carbocycles. The number of methoxy groups -OCH3 is 2. The number of anilines is 5. The summed E-state index contributed by atoms with van der Waals surface area (Å²) in [5.41, 5.74) is 1.53. The number of rotatable bonds is 7. The Kier molecular flexibility index (Phi) is 6.09. The number of morpholine rings is 1. The van der Waals surface area contributed by atoms with Crippen LogP contribution in [0.1, 0.15) is 0 Å². The monoisotopic (exact) mass is 408 g/mol. The van der Waals surface area contributed by atoms with Gasteiger partial charge >= 0.3 is 0 Å². The number of para-hydroxylation sites is 4. The average molecular weight is 408 g/mol. The molecule has 0 bridgehead atoms. The van der Waals surface area contributed by atoms with E-state index in [1.54, 1.807) is 14.2 Å². The van der Waals surface area contributed by atoms with Gasteiger partial charge in [-0.2, -0.15) is 15.0 Å². The summed E-state index contributed by atoms with van der Waals surface area (Å²) in [5, 5.41) is 6.48. The third kappa shape index (κ3) is 4.52. The molecule has 1 fully saturated rings. The van der Waals surface area contributed by atoms with Crippen LogP contribution in [0.3, 0.4) is 0 Å². The molecule has 156 valence electrons. The van der Waals surface area contributed by atoms with Gasteiger partial charge in [-0.3, -0.25) is 0 Å². The quantitative estimate of drug-likeness (QED) is 0.611. The van der Waals surface area contributed by atoms with Crippen LogP contribution in [0, 0.1) is 0 Å². The van der Waals surface area contributed by atoms with E-state index in [4.69, 9.17) is 14.2 Å². The zero-order valence-electron chi connectivity index (χ0n) is 17.0. The highest BCUT2D eigenvalue weighted by atomic mass is 16.5. The molecule has 9 heteroatoms. The van der Waals surface area contributed by atoms with Gasteiger partial charge in [0.1, 0.15) is 11.5 Å². The molecule has 0 amide bonds. The molecule has 3 aromatic rings. The molecule has 30 heavy (non-hydrogen) atoms. The molecule has 0 unspecified atom stereocenters. The molecule has 1 aromatic heterocycles. The molecule has 1 aliphatic heterocycles. The maximum atomic E-state index is 5.46. The Bertz CT molecular complexity index is 926. The van der Waals surface area contributed by atoms with Crippen LogP contribution in [-0.2, 0) is 4.74 Å². The van der Waals surface area contributed by atoms with Crippen LogP contribution in [0.2, 0.25) is 0 Å². The van der Waals surface area contributed by atoms with E-state index in [2.05, 4.69) is 30.5 Å². The first kappa shape index (κ1) is 19.7. The summed E-state index contributed by atoms with van der Waals surface area (Å²) < 4.78 is 16.3. The second kappa shape index (κ2) is 9.27. The highest BCUT2D eigenvalue weighted by molar-refractivity contribution is 5.66. The minimum Gasteiger partial charge on any atom is -0.495 e. The van der Waals surface area contributed by atoms with Crippen molar-refractivity contribution in [3.05, 3.63) is 48.5 Å². The lowest BCUT2D eigenvalue weighted by atomic mass is 10.3. The molecule has 1 saturated heterocycles. The second-order valence-electron chi connectivity index (χ2n) is 6.53. The van der Waals surface area contributed by atoms with Gasteiger partial charge in [-0.15, -0.1) is 0 Å². The van der Waals surface area contributed by atoms with E-state index in [9.17, 15) is 0 Å². The molecular formula is C21H24N6O3. The minimum absolute atomic E-state index is 0.411. The van der Waals surface area contributed by atoms with Gasteiger partial charge in [0, 0.05) is 13.1 Å². The Labute approximate surface area is 175 Å². The van der Waals surface area contributed by atoms with Crippen molar-refractivity contribution >= 4 is 29.2 Å². The molecule has 4 rings (SSSR count). The lowest BCUT2D eigenvalue weighted by molar-refractivity contribution is 0.122. The molecule has 2 N–H and O–H groups in total. The number of benzene rings is 2. The van der Waals surface area contributed by atoms with Crippen LogP contribution >= 0.6 is 0 Å². The van der Waals surface area contributed by atoms with E-state index >= 15 is 0 Å². The Balaban J connectivity index is 1.69. The number of ether oxygens (including phenoxy) is 3. The first-order chi connectivity index (χ1) is 14.8. The van der Waals surface area contributed by atoms with Gasteiger partial charge in [0.25, 0.3) is 0 Å². The zero-order chi connectivity index (χ0) is 20.8. The van der Waals surface area contributed by atoms with Gasteiger partial charge in [0.05, 0.1) is 38.8 Å². The van der Waals surface area contributed by atoms with Gasteiger partial charge in [0.2, 0.25) is 17.8 Å². The molecule has 1 aliphatic rings.